The van der Waals surface area contributed by atoms with Gasteiger partial charge in [-0.3, -0.25) is 29.3 Å². The molecule has 0 atom stereocenters. The van der Waals surface area contributed by atoms with Crippen molar-refractivity contribution in [3.05, 3.63) is 111 Å². The summed E-state index contributed by atoms with van der Waals surface area (Å²) in [5.41, 5.74) is 0.903. The van der Waals surface area contributed by atoms with Crippen molar-refractivity contribution in [2.24, 2.45) is 11.8 Å². The first-order valence-electron chi connectivity index (χ1n) is 9.99. The second-order valence-electron chi connectivity index (χ2n) is 7.88. The van der Waals surface area contributed by atoms with Gasteiger partial charge in [-0.05, 0) is 5.56 Å². The number of non-ortho nitro benzene ring substituents is 1. The molecule has 3 aromatic carbocycles. The van der Waals surface area contributed by atoms with Crippen molar-refractivity contribution in [1.82, 2.24) is 0 Å². The van der Waals surface area contributed by atoms with Gasteiger partial charge in [-0.1, -0.05) is 60.7 Å². The zero-order chi connectivity index (χ0) is 22.6. The molecule has 0 saturated heterocycles. The van der Waals surface area contributed by atoms with Gasteiger partial charge in [-0.25, -0.2) is 0 Å². The lowest BCUT2D eigenvalue weighted by Crippen LogP contribution is -2.34. The Labute approximate surface area is 181 Å². The van der Waals surface area contributed by atoms with Gasteiger partial charge in [0.25, 0.3) is 5.69 Å². The number of fused-ring (bicyclic) bond motifs is 2. The second-order valence-corrected chi connectivity index (χ2v) is 7.88. The zero-order valence-electron chi connectivity index (χ0n) is 16.6. The molecule has 0 N–H and O–H groups in total. The van der Waals surface area contributed by atoms with E-state index in [4.69, 9.17) is 0 Å². The highest BCUT2D eigenvalue weighted by atomic mass is 16.6. The maximum absolute atomic E-state index is 13.3. The Bertz CT molecular complexity index is 1210. The van der Waals surface area contributed by atoms with Gasteiger partial charge >= 0.3 is 0 Å². The van der Waals surface area contributed by atoms with Crippen molar-refractivity contribution in [3.63, 3.8) is 0 Å². The molecule has 7 nitrogen and oxygen atoms in total. The summed E-state index contributed by atoms with van der Waals surface area (Å²) in [7, 11) is 0. The minimum atomic E-state index is -1.32. The largest absolute Gasteiger partial charge is 0.293 e. The SMILES string of the molecule is O=C1c2ccccc2C(=O)C1C(c1cccc([N+](=O)[O-])c1)C1C(=O)c2ccccc2C1=O. The number of ketones is 4. The topological polar surface area (TPSA) is 111 Å². The van der Waals surface area contributed by atoms with Crippen LogP contribution in [0.4, 0.5) is 5.69 Å². The summed E-state index contributed by atoms with van der Waals surface area (Å²) in [6.45, 7) is 0. The Morgan fingerprint density at radius 3 is 1.41 bits per heavy atom. The molecule has 7 heteroatoms. The van der Waals surface area contributed by atoms with Crippen molar-refractivity contribution in [2.45, 2.75) is 5.92 Å². The van der Waals surface area contributed by atoms with Gasteiger partial charge in [0.15, 0.2) is 23.1 Å². The molecule has 2 aliphatic rings. The van der Waals surface area contributed by atoms with Gasteiger partial charge in [-0.15, -0.1) is 0 Å². The minimum absolute atomic E-state index is 0.230. The number of nitro benzene ring substituents is 1. The highest BCUT2D eigenvalue weighted by molar-refractivity contribution is 6.30. The maximum Gasteiger partial charge on any atom is 0.269 e. The highest BCUT2D eigenvalue weighted by Gasteiger charge is 2.53. The summed E-state index contributed by atoms with van der Waals surface area (Å²) in [5, 5.41) is 11.4. The molecular formula is C25H15NO6. The lowest BCUT2D eigenvalue weighted by molar-refractivity contribution is -0.384. The van der Waals surface area contributed by atoms with E-state index in [1.54, 1.807) is 24.3 Å². The molecule has 156 valence electrons. The Balaban J connectivity index is 1.70. The molecule has 0 saturated carbocycles. The third-order valence-electron chi connectivity index (χ3n) is 6.23. The van der Waals surface area contributed by atoms with Crippen molar-refractivity contribution >= 4 is 28.8 Å². The van der Waals surface area contributed by atoms with Crippen LogP contribution in [0.1, 0.15) is 52.9 Å². The van der Waals surface area contributed by atoms with Gasteiger partial charge < -0.3 is 0 Å². The van der Waals surface area contributed by atoms with Crippen LogP contribution < -0.4 is 0 Å². The molecule has 32 heavy (non-hydrogen) atoms. The van der Waals surface area contributed by atoms with Gasteiger partial charge in [0, 0.05) is 40.3 Å². The zero-order valence-corrected chi connectivity index (χ0v) is 16.6. The van der Waals surface area contributed by atoms with E-state index >= 15 is 0 Å². The average molecular weight is 425 g/mol. The fourth-order valence-corrected chi connectivity index (χ4v) is 4.81. The molecular weight excluding hydrogens is 410 g/mol. The predicted octanol–water partition coefficient (Wildman–Crippen LogP) is 4.07. The van der Waals surface area contributed by atoms with E-state index in [1.807, 2.05) is 0 Å². The Kier molecular flexibility index (Phi) is 4.41. The summed E-state index contributed by atoms with van der Waals surface area (Å²) < 4.78 is 0. The molecule has 0 heterocycles. The molecule has 0 unspecified atom stereocenters. The number of hydrogen-bond acceptors (Lipinski definition) is 6. The van der Waals surface area contributed by atoms with Crippen LogP contribution in [0.2, 0.25) is 0 Å². The lowest BCUT2D eigenvalue weighted by atomic mass is 9.72. The average Bonchev–Trinajstić information content (AvgIpc) is 3.21. The summed E-state index contributed by atoms with van der Waals surface area (Å²) in [4.78, 5) is 64.0. The van der Waals surface area contributed by atoms with Crippen LogP contribution >= 0.6 is 0 Å². The maximum atomic E-state index is 13.3. The Hall–Kier alpha value is -4.26. The molecule has 2 aliphatic carbocycles. The molecule has 0 aliphatic heterocycles. The quantitative estimate of drug-likeness (QED) is 0.354. The van der Waals surface area contributed by atoms with Gasteiger partial charge in [0.05, 0.1) is 16.8 Å². The summed E-state index contributed by atoms with van der Waals surface area (Å²) >= 11 is 0. The van der Waals surface area contributed by atoms with Crippen molar-refractivity contribution in [2.75, 3.05) is 0 Å². The van der Waals surface area contributed by atoms with Gasteiger partial charge in [0.1, 0.15) is 0 Å². The van der Waals surface area contributed by atoms with E-state index in [0.717, 1.165) is 0 Å². The predicted molar refractivity (Wildman–Crippen MR) is 113 cm³/mol. The van der Waals surface area contributed by atoms with E-state index < -0.39 is 45.8 Å². The lowest BCUT2D eigenvalue weighted by Gasteiger charge is -2.26. The molecule has 0 spiro atoms. The number of benzene rings is 3. The molecule has 0 fully saturated rings. The Morgan fingerprint density at radius 1 is 0.625 bits per heavy atom. The number of carbonyl (C=O) groups excluding carboxylic acids is 4. The molecule has 0 bridgehead atoms. The van der Waals surface area contributed by atoms with E-state index in [-0.39, 0.29) is 33.5 Å². The van der Waals surface area contributed by atoms with Gasteiger partial charge in [-0.2, -0.15) is 0 Å². The fraction of sp³-hybridized carbons (Fsp3) is 0.120. The number of rotatable bonds is 4. The normalized spacial score (nSPS) is 16.0. The standard InChI is InChI=1S/C25H15NO6/c27-22-15-8-1-2-9-16(15)23(28)20(22)19(13-6-5-7-14(12-13)26(31)32)21-24(29)17-10-3-4-11-18(17)25(21)30/h1-12,19-21H. The minimum Gasteiger partial charge on any atom is -0.293 e. The number of hydrogen-bond donors (Lipinski definition) is 0. The first kappa shape index (κ1) is 19.7. The summed E-state index contributed by atoms with van der Waals surface area (Å²) in [6.07, 6.45) is 0. The Morgan fingerprint density at radius 2 is 1.03 bits per heavy atom. The van der Waals surface area contributed by atoms with E-state index in [9.17, 15) is 29.3 Å². The van der Waals surface area contributed by atoms with Crippen molar-refractivity contribution in [1.29, 1.82) is 0 Å². The van der Waals surface area contributed by atoms with Crippen LogP contribution in [0.15, 0.2) is 72.8 Å². The van der Waals surface area contributed by atoms with Crippen LogP contribution in [0.5, 0.6) is 0 Å². The fourth-order valence-electron chi connectivity index (χ4n) is 4.81. The van der Waals surface area contributed by atoms with Crippen LogP contribution in [0, 0.1) is 22.0 Å². The summed E-state index contributed by atoms with van der Waals surface area (Å²) in [6, 6.07) is 18.1. The third kappa shape index (κ3) is 2.75. The molecule has 3 aromatic rings. The van der Waals surface area contributed by atoms with Crippen molar-refractivity contribution < 1.29 is 24.1 Å². The first-order chi connectivity index (χ1) is 15.4. The monoisotopic (exact) mass is 425 g/mol. The third-order valence-corrected chi connectivity index (χ3v) is 6.23. The molecule has 0 radical (unpaired) electrons. The van der Waals surface area contributed by atoms with Crippen LogP contribution in [0.3, 0.4) is 0 Å². The smallest absolute Gasteiger partial charge is 0.269 e. The summed E-state index contributed by atoms with van der Waals surface area (Å²) in [5.74, 6) is -5.74. The highest BCUT2D eigenvalue weighted by Crippen LogP contribution is 2.46. The number of nitro groups is 1. The van der Waals surface area contributed by atoms with Crippen molar-refractivity contribution in [3.8, 4) is 0 Å². The van der Waals surface area contributed by atoms with Crippen LogP contribution in [-0.4, -0.2) is 28.1 Å². The second kappa shape index (κ2) is 7.16. The molecule has 0 amide bonds. The van der Waals surface area contributed by atoms with Crippen LogP contribution in [0.25, 0.3) is 0 Å². The van der Waals surface area contributed by atoms with E-state index in [2.05, 4.69) is 0 Å². The molecule has 0 aromatic heterocycles. The first-order valence-corrected chi connectivity index (χ1v) is 9.99. The van der Waals surface area contributed by atoms with E-state index in [0.29, 0.717) is 0 Å². The van der Waals surface area contributed by atoms with E-state index in [1.165, 1.54) is 48.5 Å². The number of carbonyl (C=O) groups is 4. The number of nitrogens with zero attached hydrogens (tertiary/aromatic N) is 1. The number of Topliss-reactive ketones (excluding diaryl/α,β-unsaturated/α-hetero) is 4. The van der Waals surface area contributed by atoms with Crippen LogP contribution in [-0.2, 0) is 0 Å². The molecule has 5 rings (SSSR count). The van der Waals surface area contributed by atoms with Gasteiger partial charge in [0.2, 0.25) is 0 Å².